The van der Waals surface area contributed by atoms with Crippen LogP contribution in [0, 0.1) is 11.6 Å². The number of nitrogens with one attached hydrogen (secondary N) is 2. The highest BCUT2D eigenvalue weighted by atomic mass is 19.1. The van der Waals surface area contributed by atoms with E-state index < -0.39 is 11.4 Å². The molecule has 0 bridgehead atoms. The third-order valence-corrected chi connectivity index (χ3v) is 4.80. The van der Waals surface area contributed by atoms with Gasteiger partial charge in [-0.25, -0.2) is 8.78 Å². The molecule has 0 fully saturated rings. The standard InChI is InChI=1S/C21H19F2N5O/c1-21(2,24-3)20-28-27-19(29-20)14-10-15-17(25-26-18(15)11-16(14)23)9-6-12-4-7-13(22)8-5-12/h4-11,24H,1-3H3,(H,25,26). The summed E-state index contributed by atoms with van der Waals surface area (Å²) in [6.45, 7) is 3.77. The summed E-state index contributed by atoms with van der Waals surface area (Å²) in [5.74, 6) is -0.337. The zero-order valence-corrected chi connectivity index (χ0v) is 16.1. The van der Waals surface area contributed by atoms with Crippen molar-refractivity contribution >= 4 is 23.1 Å². The van der Waals surface area contributed by atoms with Crippen LogP contribution in [0.2, 0.25) is 0 Å². The summed E-state index contributed by atoms with van der Waals surface area (Å²) in [5.41, 5.74) is 1.63. The van der Waals surface area contributed by atoms with E-state index in [4.69, 9.17) is 4.42 Å². The monoisotopic (exact) mass is 395 g/mol. The van der Waals surface area contributed by atoms with Crippen molar-refractivity contribution in [2.75, 3.05) is 7.05 Å². The van der Waals surface area contributed by atoms with Crippen LogP contribution in [0.15, 0.2) is 40.8 Å². The third-order valence-electron chi connectivity index (χ3n) is 4.80. The van der Waals surface area contributed by atoms with Crippen LogP contribution in [0.5, 0.6) is 0 Å². The second-order valence-corrected chi connectivity index (χ2v) is 7.16. The van der Waals surface area contributed by atoms with Gasteiger partial charge in [0.1, 0.15) is 11.6 Å². The Kier molecular flexibility index (Phi) is 4.71. The normalized spacial score (nSPS) is 12.3. The van der Waals surface area contributed by atoms with Crippen LogP contribution in [-0.4, -0.2) is 27.4 Å². The summed E-state index contributed by atoms with van der Waals surface area (Å²) in [7, 11) is 1.78. The minimum absolute atomic E-state index is 0.0948. The maximum atomic E-state index is 14.6. The van der Waals surface area contributed by atoms with Crippen LogP contribution < -0.4 is 5.32 Å². The first kappa shape index (κ1) is 18.9. The average Bonchev–Trinajstić information content (AvgIpc) is 3.34. The molecular formula is C21H19F2N5O. The van der Waals surface area contributed by atoms with Crippen molar-refractivity contribution < 1.29 is 13.2 Å². The van der Waals surface area contributed by atoms with Crippen molar-refractivity contribution in [3.63, 3.8) is 0 Å². The topological polar surface area (TPSA) is 79.6 Å². The molecule has 2 heterocycles. The molecule has 0 unspecified atom stereocenters. The fourth-order valence-corrected chi connectivity index (χ4v) is 2.79. The van der Waals surface area contributed by atoms with E-state index in [0.29, 0.717) is 22.5 Å². The molecule has 8 heteroatoms. The maximum Gasteiger partial charge on any atom is 0.250 e. The molecule has 29 heavy (non-hydrogen) atoms. The van der Waals surface area contributed by atoms with E-state index in [1.54, 1.807) is 37.4 Å². The Morgan fingerprint density at radius 2 is 1.83 bits per heavy atom. The van der Waals surface area contributed by atoms with Gasteiger partial charge in [0.05, 0.1) is 22.3 Å². The molecule has 148 valence electrons. The van der Waals surface area contributed by atoms with E-state index in [9.17, 15) is 8.78 Å². The van der Waals surface area contributed by atoms with Crippen molar-refractivity contribution in [3.05, 3.63) is 65.2 Å². The number of hydrogen-bond acceptors (Lipinski definition) is 5. The van der Waals surface area contributed by atoms with Gasteiger partial charge in [0.15, 0.2) is 0 Å². The highest BCUT2D eigenvalue weighted by Crippen LogP contribution is 2.30. The molecular weight excluding hydrogens is 376 g/mol. The Balaban J connectivity index is 1.72. The molecule has 0 aliphatic carbocycles. The first-order chi connectivity index (χ1) is 13.9. The van der Waals surface area contributed by atoms with E-state index in [1.807, 2.05) is 13.8 Å². The van der Waals surface area contributed by atoms with Gasteiger partial charge in [-0.1, -0.05) is 18.2 Å². The second-order valence-electron chi connectivity index (χ2n) is 7.16. The Bertz CT molecular complexity index is 1190. The molecule has 2 N–H and O–H groups in total. The first-order valence-electron chi connectivity index (χ1n) is 9.02. The Labute approximate surface area is 165 Å². The number of hydrogen-bond donors (Lipinski definition) is 2. The van der Waals surface area contributed by atoms with Gasteiger partial charge >= 0.3 is 0 Å². The number of nitrogens with zero attached hydrogens (tertiary/aromatic N) is 3. The molecule has 4 aromatic rings. The number of aromatic nitrogens is 4. The minimum Gasteiger partial charge on any atom is -0.419 e. The van der Waals surface area contributed by atoms with Gasteiger partial charge in [-0.3, -0.25) is 5.10 Å². The summed E-state index contributed by atoms with van der Waals surface area (Å²) in [6.07, 6.45) is 3.58. The highest BCUT2D eigenvalue weighted by molar-refractivity contribution is 5.92. The molecule has 2 aromatic heterocycles. The summed E-state index contributed by atoms with van der Waals surface area (Å²) in [5, 5.41) is 18.9. The van der Waals surface area contributed by atoms with Crippen molar-refractivity contribution in [1.82, 2.24) is 25.7 Å². The van der Waals surface area contributed by atoms with Gasteiger partial charge in [0.2, 0.25) is 5.89 Å². The van der Waals surface area contributed by atoms with Crippen LogP contribution in [0.4, 0.5) is 8.78 Å². The number of benzene rings is 2. The van der Waals surface area contributed by atoms with Crippen LogP contribution in [0.25, 0.3) is 34.5 Å². The molecule has 0 spiro atoms. The summed E-state index contributed by atoms with van der Waals surface area (Å²) in [4.78, 5) is 0. The number of H-pyrrole nitrogens is 1. The van der Waals surface area contributed by atoms with Crippen LogP contribution in [0.1, 0.15) is 31.0 Å². The van der Waals surface area contributed by atoms with Gasteiger partial charge < -0.3 is 9.73 Å². The van der Waals surface area contributed by atoms with Gasteiger partial charge in [0.25, 0.3) is 5.89 Å². The zero-order valence-electron chi connectivity index (χ0n) is 16.1. The predicted octanol–water partition coefficient (Wildman–Crippen LogP) is 4.52. The second kappa shape index (κ2) is 7.21. The lowest BCUT2D eigenvalue weighted by molar-refractivity contribution is 0.331. The van der Waals surface area contributed by atoms with Gasteiger partial charge in [0, 0.05) is 11.5 Å². The fourth-order valence-electron chi connectivity index (χ4n) is 2.79. The molecule has 0 aliphatic rings. The Hall–Kier alpha value is -3.39. The quantitative estimate of drug-likeness (QED) is 0.520. The third kappa shape index (κ3) is 3.66. The summed E-state index contributed by atoms with van der Waals surface area (Å²) >= 11 is 0. The van der Waals surface area contributed by atoms with Crippen LogP contribution in [0.3, 0.4) is 0 Å². The highest BCUT2D eigenvalue weighted by Gasteiger charge is 2.26. The van der Waals surface area contributed by atoms with Crippen LogP contribution in [-0.2, 0) is 5.54 Å². The lowest BCUT2D eigenvalue weighted by Gasteiger charge is -2.18. The fraction of sp³-hybridized carbons (Fsp3) is 0.190. The summed E-state index contributed by atoms with van der Waals surface area (Å²) in [6, 6.07) is 9.07. The van der Waals surface area contributed by atoms with Crippen LogP contribution >= 0.6 is 0 Å². The molecule has 0 radical (unpaired) electrons. The lowest BCUT2D eigenvalue weighted by atomic mass is 10.1. The molecule has 4 rings (SSSR count). The number of aromatic amines is 1. The van der Waals surface area contributed by atoms with Gasteiger partial charge in [-0.2, -0.15) is 5.10 Å². The average molecular weight is 395 g/mol. The van der Waals surface area contributed by atoms with Crippen molar-refractivity contribution in [1.29, 1.82) is 0 Å². The van der Waals surface area contributed by atoms with Crippen molar-refractivity contribution in [2.45, 2.75) is 19.4 Å². The van der Waals surface area contributed by atoms with Gasteiger partial charge in [-0.05, 0) is 50.7 Å². The first-order valence-corrected chi connectivity index (χ1v) is 9.02. The van der Waals surface area contributed by atoms with E-state index in [0.717, 1.165) is 5.56 Å². The van der Waals surface area contributed by atoms with Crippen molar-refractivity contribution in [2.24, 2.45) is 0 Å². The lowest BCUT2D eigenvalue weighted by Crippen LogP contribution is -2.33. The molecule has 0 saturated heterocycles. The molecule has 6 nitrogen and oxygen atoms in total. The largest absolute Gasteiger partial charge is 0.419 e. The molecule has 0 amide bonds. The SMILES string of the molecule is CNC(C)(C)c1nnc(-c2cc3c(C=Cc4ccc(F)cc4)n[nH]c3cc2F)o1. The summed E-state index contributed by atoms with van der Waals surface area (Å²) < 4.78 is 33.4. The minimum atomic E-state index is -0.537. The van der Waals surface area contributed by atoms with E-state index in [-0.39, 0.29) is 17.3 Å². The number of halogens is 2. The Morgan fingerprint density at radius 1 is 1.07 bits per heavy atom. The molecule has 0 saturated carbocycles. The van der Waals surface area contributed by atoms with Crippen molar-refractivity contribution in [3.8, 4) is 11.5 Å². The number of rotatable bonds is 5. The Morgan fingerprint density at radius 3 is 2.55 bits per heavy atom. The maximum absolute atomic E-state index is 14.6. The van der Waals surface area contributed by atoms with Gasteiger partial charge in [-0.15, -0.1) is 10.2 Å². The van der Waals surface area contributed by atoms with E-state index in [2.05, 4.69) is 25.7 Å². The molecule has 2 aromatic carbocycles. The molecule has 0 aliphatic heterocycles. The molecule has 0 atom stereocenters. The zero-order chi connectivity index (χ0) is 20.6. The smallest absolute Gasteiger partial charge is 0.250 e. The predicted molar refractivity (Wildman–Crippen MR) is 107 cm³/mol. The number of fused-ring (bicyclic) bond motifs is 1. The van der Waals surface area contributed by atoms with E-state index in [1.165, 1.54) is 18.2 Å². The van der Waals surface area contributed by atoms with E-state index >= 15 is 0 Å².